The Balaban J connectivity index is 1.88. The van der Waals surface area contributed by atoms with Crippen LogP contribution in [0.4, 0.5) is 0 Å². The number of carbonyl (C=O) groups is 3. The number of rotatable bonds is 6. The molecule has 0 saturated heterocycles. The van der Waals surface area contributed by atoms with Crippen molar-refractivity contribution < 1.29 is 23.9 Å². The second-order valence-corrected chi connectivity index (χ2v) is 6.18. The van der Waals surface area contributed by atoms with E-state index < -0.39 is 12.1 Å². The van der Waals surface area contributed by atoms with Crippen molar-refractivity contribution in [3.8, 4) is 11.8 Å². The van der Waals surface area contributed by atoms with E-state index in [0.717, 1.165) is 4.90 Å². The first-order valence-corrected chi connectivity index (χ1v) is 8.77. The van der Waals surface area contributed by atoms with Crippen LogP contribution < -0.4 is 4.74 Å². The molecule has 7 nitrogen and oxygen atoms in total. The van der Waals surface area contributed by atoms with Crippen molar-refractivity contribution in [3.63, 3.8) is 0 Å². The van der Waals surface area contributed by atoms with Crippen molar-refractivity contribution in [2.45, 2.75) is 26.5 Å². The Morgan fingerprint density at radius 3 is 2.36 bits per heavy atom. The lowest BCUT2D eigenvalue weighted by molar-refractivity contribution is 0.0430. The molecule has 1 aliphatic heterocycles. The van der Waals surface area contributed by atoms with Crippen LogP contribution in [0.3, 0.4) is 0 Å². The van der Waals surface area contributed by atoms with E-state index in [9.17, 15) is 14.4 Å². The van der Waals surface area contributed by atoms with Gasteiger partial charge in [0.1, 0.15) is 17.4 Å². The molecule has 142 valence electrons. The molecule has 0 aliphatic carbocycles. The number of amides is 2. The number of ether oxygens (including phenoxy) is 2. The molecule has 2 aromatic rings. The highest BCUT2D eigenvalue weighted by molar-refractivity contribution is 6.21. The third-order valence-corrected chi connectivity index (χ3v) is 4.25. The molecule has 7 heteroatoms. The highest BCUT2D eigenvalue weighted by atomic mass is 16.5. The second-order valence-electron chi connectivity index (χ2n) is 6.18. The molecular formula is C21H18N2O5. The van der Waals surface area contributed by atoms with Crippen LogP contribution in [0.1, 0.15) is 50.5 Å². The predicted molar refractivity (Wildman–Crippen MR) is 98.7 cm³/mol. The Bertz CT molecular complexity index is 958. The minimum atomic E-state index is -0.915. The average Bonchev–Trinajstić information content (AvgIpc) is 2.94. The Hall–Kier alpha value is -3.66. The lowest BCUT2D eigenvalue weighted by atomic mass is 10.1. The van der Waals surface area contributed by atoms with Crippen molar-refractivity contribution in [2.24, 2.45) is 0 Å². The summed E-state index contributed by atoms with van der Waals surface area (Å²) in [5.74, 6) is -1.15. The molecule has 28 heavy (non-hydrogen) atoms. The van der Waals surface area contributed by atoms with Gasteiger partial charge in [-0.25, -0.2) is 4.79 Å². The number of hydrogen-bond donors (Lipinski definition) is 0. The summed E-state index contributed by atoms with van der Waals surface area (Å²) in [4.78, 5) is 38.6. The van der Waals surface area contributed by atoms with Gasteiger partial charge in [-0.15, -0.1) is 0 Å². The number of imide groups is 1. The zero-order chi connectivity index (χ0) is 20.3. The van der Waals surface area contributed by atoms with Crippen molar-refractivity contribution >= 4 is 17.8 Å². The Labute approximate surface area is 162 Å². The van der Waals surface area contributed by atoms with E-state index >= 15 is 0 Å². The van der Waals surface area contributed by atoms with Crippen LogP contribution in [0.2, 0.25) is 0 Å². The van der Waals surface area contributed by atoms with Gasteiger partial charge in [0.05, 0.1) is 24.3 Å². The van der Waals surface area contributed by atoms with Crippen molar-refractivity contribution in [1.29, 1.82) is 5.26 Å². The summed E-state index contributed by atoms with van der Waals surface area (Å²) in [5.41, 5.74) is 1.43. The van der Waals surface area contributed by atoms with Crippen molar-refractivity contribution in [1.82, 2.24) is 4.90 Å². The van der Waals surface area contributed by atoms with Gasteiger partial charge in [-0.2, -0.15) is 5.26 Å². The summed E-state index contributed by atoms with van der Waals surface area (Å²) in [6, 6.07) is 13.2. The summed E-state index contributed by atoms with van der Waals surface area (Å²) >= 11 is 0. The molecule has 0 aromatic heterocycles. The van der Waals surface area contributed by atoms with E-state index in [0.29, 0.717) is 29.0 Å². The maximum atomic E-state index is 12.5. The average molecular weight is 378 g/mol. The van der Waals surface area contributed by atoms with Crippen LogP contribution in [-0.4, -0.2) is 35.4 Å². The molecule has 0 fully saturated rings. The van der Waals surface area contributed by atoms with Crippen LogP contribution in [0.5, 0.6) is 5.75 Å². The summed E-state index contributed by atoms with van der Waals surface area (Å²) in [7, 11) is 0. The molecule has 1 aliphatic rings. The molecule has 2 aromatic carbocycles. The minimum absolute atomic E-state index is 0.00678. The standard InChI is InChI=1S/C21H18N2O5/c1-3-27-18-9-8-14(10-17(18)21(26)28-13(2)11-22)12-23-19(24)15-6-4-5-7-16(15)20(23)25/h4-10,13H,3,12H2,1-2H3/t13-/m1/s1. The van der Waals surface area contributed by atoms with Crippen LogP contribution in [0.15, 0.2) is 42.5 Å². The molecule has 0 radical (unpaired) electrons. The Morgan fingerprint density at radius 2 is 1.79 bits per heavy atom. The third-order valence-electron chi connectivity index (χ3n) is 4.25. The normalized spacial score (nSPS) is 13.7. The molecule has 2 amide bonds. The SMILES string of the molecule is CCOc1ccc(CN2C(=O)c3ccccc3C2=O)cc1C(=O)O[C@H](C)C#N. The topological polar surface area (TPSA) is 96.7 Å². The van der Waals surface area contributed by atoms with E-state index in [-0.39, 0.29) is 23.9 Å². The number of benzene rings is 2. The second kappa shape index (κ2) is 7.92. The smallest absolute Gasteiger partial charge is 0.343 e. The van der Waals surface area contributed by atoms with E-state index in [4.69, 9.17) is 14.7 Å². The molecule has 3 rings (SSSR count). The Morgan fingerprint density at radius 1 is 1.14 bits per heavy atom. The monoisotopic (exact) mass is 378 g/mol. The lowest BCUT2D eigenvalue weighted by Gasteiger charge is -2.16. The first-order chi connectivity index (χ1) is 13.5. The maximum Gasteiger partial charge on any atom is 0.343 e. The van der Waals surface area contributed by atoms with Crippen LogP contribution >= 0.6 is 0 Å². The zero-order valence-electron chi connectivity index (χ0n) is 15.5. The van der Waals surface area contributed by atoms with Gasteiger partial charge in [-0.3, -0.25) is 14.5 Å². The molecule has 0 saturated carbocycles. The molecule has 1 heterocycles. The van der Waals surface area contributed by atoms with Gasteiger partial charge in [0.25, 0.3) is 11.8 Å². The van der Waals surface area contributed by atoms with E-state index in [2.05, 4.69) is 0 Å². The summed E-state index contributed by atoms with van der Waals surface area (Å²) < 4.78 is 10.5. The van der Waals surface area contributed by atoms with E-state index in [1.165, 1.54) is 13.0 Å². The largest absolute Gasteiger partial charge is 0.493 e. The summed E-state index contributed by atoms with van der Waals surface area (Å²) in [6.07, 6.45) is -0.915. The van der Waals surface area contributed by atoms with E-state index in [1.807, 2.05) is 6.07 Å². The minimum Gasteiger partial charge on any atom is -0.493 e. The van der Waals surface area contributed by atoms with Gasteiger partial charge >= 0.3 is 5.97 Å². The zero-order valence-corrected chi connectivity index (χ0v) is 15.5. The third kappa shape index (κ3) is 3.58. The fourth-order valence-corrected chi connectivity index (χ4v) is 2.93. The highest BCUT2D eigenvalue weighted by Gasteiger charge is 2.35. The molecule has 0 bridgehead atoms. The Kier molecular flexibility index (Phi) is 5.41. The van der Waals surface area contributed by atoms with Gasteiger partial charge in [0, 0.05) is 0 Å². The molecular weight excluding hydrogens is 360 g/mol. The lowest BCUT2D eigenvalue weighted by Crippen LogP contribution is -2.29. The van der Waals surface area contributed by atoms with Crippen molar-refractivity contribution in [2.75, 3.05) is 6.61 Å². The van der Waals surface area contributed by atoms with Crippen molar-refractivity contribution in [3.05, 3.63) is 64.7 Å². The molecule has 0 N–H and O–H groups in total. The number of hydrogen-bond acceptors (Lipinski definition) is 6. The first-order valence-electron chi connectivity index (χ1n) is 8.77. The van der Waals surface area contributed by atoms with Gasteiger partial charge in [-0.05, 0) is 43.7 Å². The molecule has 1 atom stereocenters. The summed E-state index contributed by atoms with van der Waals surface area (Å²) in [5, 5.41) is 8.85. The first kappa shape index (κ1) is 19.1. The fraction of sp³-hybridized carbons (Fsp3) is 0.238. The predicted octanol–water partition coefficient (Wildman–Crippen LogP) is 2.95. The number of nitrogens with zero attached hydrogens (tertiary/aromatic N) is 2. The number of carbonyl (C=O) groups excluding carboxylic acids is 3. The number of nitriles is 1. The van der Waals surface area contributed by atoms with Crippen LogP contribution in [0, 0.1) is 11.3 Å². The fourth-order valence-electron chi connectivity index (χ4n) is 2.93. The van der Waals surface area contributed by atoms with Crippen LogP contribution in [0.25, 0.3) is 0 Å². The summed E-state index contributed by atoms with van der Waals surface area (Å²) in [6.45, 7) is 3.58. The van der Waals surface area contributed by atoms with Crippen LogP contribution in [-0.2, 0) is 11.3 Å². The number of fused-ring (bicyclic) bond motifs is 1. The van der Waals surface area contributed by atoms with Gasteiger partial charge < -0.3 is 9.47 Å². The highest BCUT2D eigenvalue weighted by Crippen LogP contribution is 2.27. The maximum absolute atomic E-state index is 12.5. The molecule has 0 spiro atoms. The van der Waals surface area contributed by atoms with Gasteiger partial charge in [-0.1, -0.05) is 18.2 Å². The molecule has 0 unspecified atom stereocenters. The number of esters is 1. The van der Waals surface area contributed by atoms with Gasteiger partial charge in [0.15, 0.2) is 6.10 Å². The van der Waals surface area contributed by atoms with Gasteiger partial charge in [0.2, 0.25) is 0 Å². The quantitative estimate of drug-likeness (QED) is 0.566. The van der Waals surface area contributed by atoms with E-state index in [1.54, 1.807) is 43.3 Å².